The Morgan fingerprint density at radius 1 is 1.18 bits per heavy atom. The van der Waals surface area contributed by atoms with Gasteiger partial charge in [0.1, 0.15) is 0 Å². The minimum atomic E-state index is 0.430. The van der Waals surface area contributed by atoms with Gasteiger partial charge in [0.05, 0.1) is 5.69 Å². The van der Waals surface area contributed by atoms with Crippen molar-refractivity contribution in [3.05, 3.63) is 60.2 Å². The highest BCUT2D eigenvalue weighted by Crippen LogP contribution is 2.03. The quantitative estimate of drug-likeness (QED) is 0.851. The summed E-state index contributed by atoms with van der Waals surface area (Å²) in [6.45, 7) is 2.95. The lowest BCUT2D eigenvalue weighted by Gasteiger charge is -2.13. The van der Waals surface area contributed by atoms with Crippen LogP contribution in [0.3, 0.4) is 0 Å². The number of nitrogens with zero attached hydrogens (tertiary/aromatic N) is 2. The molecule has 3 heteroatoms. The van der Waals surface area contributed by atoms with Gasteiger partial charge in [0, 0.05) is 31.2 Å². The molecule has 1 heterocycles. The Morgan fingerprint density at radius 3 is 2.71 bits per heavy atom. The van der Waals surface area contributed by atoms with Gasteiger partial charge in [-0.3, -0.25) is 9.97 Å². The van der Waals surface area contributed by atoms with E-state index in [-0.39, 0.29) is 0 Å². The van der Waals surface area contributed by atoms with Crippen molar-refractivity contribution in [2.75, 3.05) is 0 Å². The van der Waals surface area contributed by atoms with Crippen molar-refractivity contribution in [1.82, 2.24) is 15.3 Å². The molecule has 1 unspecified atom stereocenters. The van der Waals surface area contributed by atoms with E-state index in [2.05, 4.69) is 46.5 Å². The van der Waals surface area contributed by atoms with Crippen LogP contribution in [0.1, 0.15) is 18.2 Å². The summed E-state index contributed by atoms with van der Waals surface area (Å²) >= 11 is 0. The van der Waals surface area contributed by atoms with Gasteiger partial charge in [-0.15, -0.1) is 0 Å². The fourth-order valence-electron chi connectivity index (χ4n) is 1.74. The molecule has 2 rings (SSSR count). The van der Waals surface area contributed by atoms with Crippen LogP contribution in [0.25, 0.3) is 0 Å². The lowest BCUT2D eigenvalue weighted by molar-refractivity contribution is 0.539. The van der Waals surface area contributed by atoms with Crippen LogP contribution in [-0.2, 0) is 13.0 Å². The molecule has 1 aromatic heterocycles. The van der Waals surface area contributed by atoms with E-state index in [0.29, 0.717) is 6.04 Å². The van der Waals surface area contributed by atoms with Crippen LogP contribution in [0.5, 0.6) is 0 Å². The first-order valence-corrected chi connectivity index (χ1v) is 5.87. The summed E-state index contributed by atoms with van der Waals surface area (Å²) in [6.07, 6.45) is 6.24. The van der Waals surface area contributed by atoms with Gasteiger partial charge in [0.2, 0.25) is 0 Å². The summed E-state index contributed by atoms with van der Waals surface area (Å²) in [4.78, 5) is 8.28. The van der Waals surface area contributed by atoms with Crippen LogP contribution in [0.15, 0.2) is 48.9 Å². The summed E-state index contributed by atoms with van der Waals surface area (Å²) in [7, 11) is 0. The van der Waals surface area contributed by atoms with Crippen LogP contribution in [0.4, 0.5) is 0 Å². The van der Waals surface area contributed by atoms with Gasteiger partial charge in [-0.1, -0.05) is 30.3 Å². The first-order chi connectivity index (χ1) is 8.34. The van der Waals surface area contributed by atoms with E-state index in [0.717, 1.165) is 18.7 Å². The minimum absolute atomic E-state index is 0.430. The van der Waals surface area contributed by atoms with Gasteiger partial charge in [0.15, 0.2) is 0 Å². The zero-order valence-corrected chi connectivity index (χ0v) is 10.0. The van der Waals surface area contributed by atoms with Crippen molar-refractivity contribution in [2.24, 2.45) is 0 Å². The highest BCUT2D eigenvalue weighted by Gasteiger charge is 2.03. The van der Waals surface area contributed by atoms with E-state index >= 15 is 0 Å². The molecule has 0 aliphatic carbocycles. The highest BCUT2D eigenvalue weighted by molar-refractivity contribution is 5.15. The number of nitrogens with one attached hydrogen (secondary N) is 1. The molecule has 2 aromatic rings. The third kappa shape index (κ3) is 3.96. The molecule has 0 radical (unpaired) electrons. The molecule has 0 bridgehead atoms. The van der Waals surface area contributed by atoms with Crippen molar-refractivity contribution < 1.29 is 0 Å². The van der Waals surface area contributed by atoms with Gasteiger partial charge in [0.25, 0.3) is 0 Å². The van der Waals surface area contributed by atoms with Crippen LogP contribution >= 0.6 is 0 Å². The average molecular weight is 227 g/mol. The Labute approximate surface area is 102 Å². The van der Waals surface area contributed by atoms with E-state index in [4.69, 9.17) is 0 Å². The van der Waals surface area contributed by atoms with Crippen LogP contribution in [0.2, 0.25) is 0 Å². The number of benzene rings is 1. The fraction of sp³-hybridized carbons (Fsp3) is 0.286. The smallest absolute Gasteiger partial charge is 0.0724 e. The van der Waals surface area contributed by atoms with E-state index in [9.17, 15) is 0 Å². The topological polar surface area (TPSA) is 37.8 Å². The van der Waals surface area contributed by atoms with Crippen molar-refractivity contribution >= 4 is 0 Å². The molecule has 0 spiro atoms. The fourth-order valence-corrected chi connectivity index (χ4v) is 1.74. The Kier molecular flexibility index (Phi) is 4.22. The normalized spacial score (nSPS) is 12.3. The first-order valence-electron chi connectivity index (χ1n) is 5.87. The predicted molar refractivity (Wildman–Crippen MR) is 68.5 cm³/mol. The Hall–Kier alpha value is -1.74. The summed E-state index contributed by atoms with van der Waals surface area (Å²) in [5.41, 5.74) is 2.33. The standard InChI is InChI=1S/C14H17N3/c1-12(9-13-5-3-2-4-6-13)17-11-14-10-15-7-8-16-14/h2-8,10,12,17H,9,11H2,1H3. The molecule has 88 valence electrons. The second-order valence-corrected chi connectivity index (χ2v) is 4.17. The van der Waals surface area contributed by atoms with Gasteiger partial charge in [-0.05, 0) is 18.9 Å². The van der Waals surface area contributed by atoms with Crippen molar-refractivity contribution in [3.63, 3.8) is 0 Å². The molecular weight excluding hydrogens is 210 g/mol. The summed E-state index contributed by atoms with van der Waals surface area (Å²) < 4.78 is 0. The van der Waals surface area contributed by atoms with Crippen molar-refractivity contribution in [2.45, 2.75) is 25.9 Å². The van der Waals surface area contributed by atoms with E-state index in [1.54, 1.807) is 18.6 Å². The Balaban J connectivity index is 1.80. The molecule has 0 saturated carbocycles. The molecule has 3 nitrogen and oxygen atoms in total. The first kappa shape index (κ1) is 11.7. The van der Waals surface area contributed by atoms with Gasteiger partial charge in [-0.25, -0.2) is 0 Å². The van der Waals surface area contributed by atoms with E-state index < -0.39 is 0 Å². The van der Waals surface area contributed by atoms with Gasteiger partial charge < -0.3 is 5.32 Å². The lowest BCUT2D eigenvalue weighted by atomic mass is 10.1. The van der Waals surface area contributed by atoms with Gasteiger partial charge in [-0.2, -0.15) is 0 Å². The molecule has 17 heavy (non-hydrogen) atoms. The molecule has 0 amide bonds. The molecule has 1 aromatic carbocycles. The van der Waals surface area contributed by atoms with Crippen molar-refractivity contribution in [1.29, 1.82) is 0 Å². The summed E-state index contributed by atoms with van der Waals surface area (Å²) in [5.74, 6) is 0. The molecule has 0 fully saturated rings. The zero-order valence-electron chi connectivity index (χ0n) is 10.0. The number of hydrogen-bond donors (Lipinski definition) is 1. The van der Waals surface area contributed by atoms with Crippen molar-refractivity contribution in [3.8, 4) is 0 Å². The molecule has 1 atom stereocenters. The van der Waals surface area contributed by atoms with Crippen LogP contribution < -0.4 is 5.32 Å². The molecule has 0 aliphatic rings. The SMILES string of the molecule is CC(Cc1ccccc1)NCc1cnccn1. The maximum absolute atomic E-state index is 4.23. The molecule has 0 saturated heterocycles. The van der Waals surface area contributed by atoms with Gasteiger partial charge >= 0.3 is 0 Å². The van der Waals surface area contributed by atoms with Crippen LogP contribution in [-0.4, -0.2) is 16.0 Å². The number of aromatic nitrogens is 2. The largest absolute Gasteiger partial charge is 0.308 e. The second-order valence-electron chi connectivity index (χ2n) is 4.17. The number of rotatable bonds is 5. The maximum atomic E-state index is 4.23. The number of hydrogen-bond acceptors (Lipinski definition) is 3. The predicted octanol–water partition coefficient (Wildman–Crippen LogP) is 2.20. The van der Waals surface area contributed by atoms with E-state index in [1.165, 1.54) is 5.56 Å². The monoisotopic (exact) mass is 227 g/mol. The third-order valence-corrected chi connectivity index (χ3v) is 2.63. The Morgan fingerprint density at radius 2 is 2.00 bits per heavy atom. The Bertz CT molecular complexity index is 428. The molecule has 0 aliphatic heterocycles. The minimum Gasteiger partial charge on any atom is -0.308 e. The zero-order chi connectivity index (χ0) is 11.9. The summed E-state index contributed by atoms with van der Waals surface area (Å²) in [5, 5.41) is 3.44. The molecule has 1 N–H and O–H groups in total. The van der Waals surface area contributed by atoms with E-state index in [1.807, 2.05) is 6.07 Å². The maximum Gasteiger partial charge on any atom is 0.0724 e. The van der Waals surface area contributed by atoms with Crippen LogP contribution in [0, 0.1) is 0 Å². The molecular formula is C14H17N3. The summed E-state index contributed by atoms with van der Waals surface area (Å²) in [6, 6.07) is 10.9. The highest BCUT2D eigenvalue weighted by atomic mass is 14.9. The average Bonchev–Trinajstić information content (AvgIpc) is 2.39. The second kappa shape index (κ2) is 6.11. The lowest BCUT2D eigenvalue weighted by Crippen LogP contribution is -2.27. The third-order valence-electron chi connectivity index (χ3n) is 2.63.